The molecule has 0 unspecified atom stereocenters. The number of rotatable bonds is 9. The second-order valence-electron chi connectivity index (χ2n) is 7.07. The molecule has 1 N–H and O–H groups in total. The number of hydrogen-bond donors (Lipinski definition) is 1. The van der Waals surface area contributed by atoms with Crippen LogP contribution in [0.1, 0.15) is 22.3 Å². The zero-order valence-electron chi connectivity index (χ0n) is 17.9. The van der Waals surface area contributed by atoms with Crippen molar-refractivity contribution in [3.63, 3.8) is 0 Å². The van der Waals surface area contributed by atoms with E-state index in [1.165, 1.54) is 4.68 Å². The fraction of sp³-hybridized carbons (Fsp3) is 0.208. The molecule has 8 heteroatoms. The number of ether oxygens (including phenoxy) is 2. The van der Waals surface area contributed by atoms with Crippen LogP contribution < -0.4 is 14.8 Å². The first-order valence-electron chi connectivity index (χ1n) is 10.2. The molecule has 32 heavy (non-hydrogen) atoms. The van der Waals surface area contributed by atoms with Gasteiger partial charge in [0.1, 0.15) is 0 Å². The van der Waals surface area contributed by atoms with Crippen molar-refractivity contribution >= 4 is 11.9 Å². The smallest absolute Gasteiger partial charge is 0.250 e. The van der Waals surface area contributed by atoms with E-state index in [-0.39, 0.29) is 5.91 Å². The topological polar surface area (TPSA) is 91.4 Å². The molecule has 0 aliphatic heterocycles. The lowest BCUT2D eigenvalue weighted by Gasteiger charge is -2.11. The van der Waals surface area contributed by atoms with Gasteiger partial charge in [-0.05, 0) is 41.8 Å². The molecule has 8 nitrogen and oxygen atoms in total. The van der Waals surface area contributed by atoms with Crippen molar-refractivity contribution < 1.29 is 18.7 Å². The van der Waals surface area contributed by atoms with Gasteiger partial charge in [-0.1, -0.05) is 36.4 Å². The predicted molar refractivity (Wildman–Crippen MR) is 120 cm³/mol. The maximum absolute atomic E-state index is 13.0. The predicted octanol–water partition coefficient (Wildman–Crippen LogP) is 4.44. The number of furan rings is 1. The number of aromatic nitrogens is 3. The second-order valence-corrected chi connectivity index (χ2v) is 7.07. The third kappa shape index (κ3) is 4.80. The quantitative estimate of drug-likeness (QED) is 0.418. The molecule has 2 aromatic carbocycles. The summed E-state index contributed by atoms with van der Waals surface area (Å²) in [6, 6.07) is 19.0. The van der Waals surface area contributed by atoms with Crippen molar-refractivity contribution in [3.8, 4) is 23.1 Å². The number of benzene rings is 2. The number of nitrogens with one attached hydrogen (secondary N) is 1. The Labute approximate surface area is 185 Å². The largest absolute Gasteiger partial charge is 0.493 e. The third-order valence-corrected chi connectivity index (χ3v) is 4.95. The molecule has 164 valence electrons. The van der Waals surface area contributed by atoms with E-state index in [2.05, 4.69) is 15.4 Å². The van der Waals surface area contributed by atoms with E-state index in [9.17, 15) is 4.79 Å². The highest BCUT2D eigenvalue weighted by Gasteiger charge is 2.19. The maximum Gasteiger partial charge on any atom is 0.250 e. The van der Waals surface area contributed by atoms with Gasteiger partial charge in [-0.3, -0.25) is 4.79 Å². The van der Waals surface area contributed by atoms with Gasteiger partial charge in [0.25, 0.3) is 0 Å². The summed E-state index contributed by atoms with van der Waals surface area (Å²) in [6.45, 7) is 0.419. The molecule has 0 atom stereocenters. The molecule has 0 spiro atoms. The molecular weight excluding hydrogens is 408 g/mol. The highest BCUT2D eigenvalue weighted by Crippen LogP contribution is 2.28. The van der Waals surface area contributed by atoms with E-state index in [0.29, 0.717) is 48.4 Å². The number of anilines is 1. The molecule has 0 radical (unpaired) electrons. The molecule has 2 heterocycles. The van der Waals surface area contributed by atoms with Crippen molar-refractivity contribution in [2.45, 2.75) is 19.4 Å². The fourth-order valence-electron chi connectivity index (χ4n) is 3.28. The Balaban J connectivity index is 1.54. The van der Waals surface area contributed by atoms with Crippen molar-refractivity contribution in [1.82, 2.24) is 14.8 Å². The van der Waals surface area contributed by atoms with Gasteiger partial charge in [0.05, 0.1) is 20.5 Å². The summed E-state index contributed by atoms with van der Waals surface area (Å²) < 4.78 is 17.4. The molecule has 0 amide bonds. The van der Waals surface area contributed by atoms with Crippen LogP contribution in [0.4, 0.5) is 5.95 Å². The minimum Gasteiger partial charge on any atom is -0.493 e. The Morgan fingerprint density at radius 3 is 2.53 bits per heavy atom. The summed E-state index contributed by atoms with van der Waals surface area (Å²) in [7, 11) is 3.18. The van der Waals surface area contributed by atoms with Crippen molar-refractivity contribution in [2.75, 3.05) is 19.5 Å². The van der Waals surface area contributed by atoms with Crippen LogP contribution in [0.15, 0.2) is 71.3 Å². The average molecular weight is 432 g/mol. The molecule has 0 aliphatic carbocycles. The lowest BCUT2D eigenvalue weighted by atomic mass is 10.1. The fourth-order valence-corrected chi connectivity index (χ4v) is 3.28. The molecule has 0 fully saturated rings. The van der Waals surface area contributed by atoms with Crippen molar-refractivity contribution in [3.05, 3.63) is 78.1 Å². The number of carbonyl (C=O) groups is 1. The van der Waals surface area contributed by atoms with Gasteiger partial charge in [-0.25, -0.2) is 0 Å². The molecule has 0 aliphatic rings. The zero-order chi connectivity index (χ0) is 22.3. The van der Waals surface area contributed by atoms with Gasteiger partial charge in [-0.2, -0.15) is 9.67 Å². The molecule has 0 bridgehead atoms. The van der Waals surface area contributed by atoms with E-state index >= 15 is 0 Å². The van der Waals surface area contributed by atoms with Crippen LogP contribution in [0.2, 0.25) is 0 Å². The Morgan fingerprint density at radius 1 is 1.00 bits per heavy atom. The summed E-state index contributed by atoms with van der Waals surface area (Å²) in [5.74, 6) is 2.31. The summed E-state index contributed by atoms with van der Waals surface area (Å²) in [6.07, 6.45) is 2.46. The SMILES string of the molecule is COc1ccc(CNc2nc(-c3ccco3)nn2C(=O)CCc2ccccc2)cc1OC. The van der Waals surface area contributed by atoms with Gasteiger partial charge >= 0.3 is 0 Å². The van der Waals surface area contributed by atoms with Gasteiger partial charge in [0, 0.05) is 13.0 Å². The van der Waals surface area contributed by atoms with Crippen LogP contribution in [-0.2, 0) is 13.0 Å². The van der Waals surface area contributed by atoms with Gasteiger partial charge in [0.15, 0.2) is 17.3 Å². The maximum atomic E-state index is 13.0. The molecule has 4 rings (SSSR count). The lowest BCUT2D eigenvalue weighted by Crippen LogP contribution is -2.17. The van der Waals surface area contributed by atoms with Gasteiger partial charge < -0.3 is 19.2 Å². The Kier molecular flexibility index (Phi) is 6.50. The number of nitrogens with zero attached hydrogens (tertiary/aromatic N) is 3. The molecule has 0 saturated heterocycles. The minimum atomic E-state index is -0.158. The summed E-state index contributed by atoms with van der Waals surface area (Å²) in [5.41, 5.74) is 2.03. The Morgan fingerprint density at radius 2 is 1.81 bits per heavy atom. The van der Waals surface area contributed by atoms with Gasteiger partial charge in [0.2, 0.25) is 17.7 Å². The Bertz CT molecular complexity index is 1170. The van der Waals surface area contributed by atoms with Crippen LogP contribution in [0.3, 0.4) is 0 Å². The van der Waals surface area contributed by atoms with Crippen LogP contribution in [0, 0.1) is 0 Å². The van der Waals surface area contributed by atoms with Crippen LogP contribution >= 0.6 is 0 Å². The molecule has 4 aromatic rings. The number of methoxy groups -OCH3 is 2. The van der Waals surface area contributed by atoms with E-state index in [1.54, 1.807) is 32.6 Å². The second kappa shape index (κ2) is 9.82. The highest BCUT2D eigenvalue weighted by molar-refractivity contribution is 5.81. The molecular formula is C24H24N4O4. The minimum absolute atomic E-state index is 0.158. The Hall–Kier alpha value is -4.07. The van der Waals surface area contributed by atoms with E-state index in [4.69, 9.17) is 13.9 Å². The van der Waals surface area contributed by atoms with E-state index in [0.717, 1.165) is 11.1 Å². The summed E-state index contributed by atoms with van der Waals surface area (Å²) in [5, 5.41) is 7.60. The molecule has 0 saturated carbocycles. The highest BCUT2D eigenvalue weighted by atomic mass is 16.5. The lowest BCUT2D eigenvalue weighted by molar-refractivity contribution is 0.0890. The first kappa shape index (κ1) is 21.2. The zero-order valence-corrected chi connectivity index (χ0v) is 17.9. The number of hydrogen-bond acceptors (Lipinski definition) is 7. The normalized spacial score (nSPS) is 10.7. The van der Waals surface area contributed by atoms with E-state index in [1.807, 2.05) is 48.5 Å². The van der Waals surface area contributed by atoms with Crippen LogP contribution in [0.25, 0.3) is 11.6 Å². The monoisotopic (exact) mass is 432 g/mol. The standard InChI is InChI=1S/C24H24N4O4/c1-30-19-12-10-18(15-21(19)31-2)16-25-24-26-23(20-9-6-14-32-20)27-28(24)22(29)13-11-17-7-4-3-5-8-17/h3-10,12,14-15H,11,13,16H2,1-2H3,(H,25,26,27). The first-order valence-corrected chi connectivity index (χ1v) is 10.2. The summed E-state index contributed by atoms with van der Waals surface area (Å²) in [4.78, 5) is 17.5. The van der Waals surface area contributed by atoms with E-state index < -0.39 is 0 Å². The van der Waals surface area contributed by atoms with Crippen molar-refractivity contribution in [2.24, 2.45) is 0 Å². The third-order valence-electron chi connectivity index (χ3n) is 4.95. The van der Waals surface area contributed by atoms with Crippen LogP contribution in [0.5, 0.6) is 11.5 Å². The van der Waals surface area contributed by atoms with Crippen molar-refractivity contribution in [1.29, 1.82) is 0 Å². The van der Waals surface area contributed by atoms with Gasteiger partial charge in [-0.15, -0.1) is 5.10 Å². The molecule has 2 aromatic heterocycles. The summed E-state index contributed by atoms with van der Waals surface area (Å²) >= 11 is 0. The number of aryl methyl sites for hydroxylation is 1. The number of carbonyl (C=O) groups excluding carboxylic acids is 1. The first-order chi connectivity index (χ1) is 15.7. The van der Waals surface area contributed by atoms with Crippen LogP contribution in [-0.4, -0.2) is 34.9 Å². The average Bonchev–Trinajstić information content (AvgIpc) is 3.52.